The van der Waals surface area contributed by atoms with Crippen molar-refractivity contribution in [3.05, 3.63) is 59.3 Å². The zero-order valence-electron chi connectivity index (χ0n) is 11.6. The van der Waals surface area contributed by atoms with Crippen LogP contribution in [0.2, 0.25) is 0 Å². The predicted octanol–water partition coefficient (Wildman–Crippen LogP) is 2.68. The summed E-state index contributed by atoms with van der Waals surface area (Å²) in [5, 5.41) is 9.91. The number of aryl methyl sites for hydroxylation is 1. The summed E-state index contributed by atoms with van der Waals surface area (Å²) in [5.41, 5.74) is 1.17. The highest BCUT2D eigenvalue weighted by Gasteiger charge is 2.36. The van der Waals surface area contributed by atoms with E-state index in [2.05, 4.69) is 0 Å². The summed E-state index contributed by atoms with van der Waals surface area (Å²) in [6, 6.07) is 7.45. The second-order valence-corrected chi connectivity index (χ2v) is 5.31. The van der Waals surface area contributed by atoms with E-state index < -0.39 is 6.10 Å². The first-order chi connectivity index (χ1) is 10.1. The van der Waals surface area contributed by atoms with Gasteiger partial charge in [0.05, 0.1) is 24.0 Å². The minimum absolute atomic E-state index is 0.202. The van der Waals surface area contributed by atoms with Crippen molar-refractivity contribution < 1.29 is 18.7 Å². The van der Waals surface area contributed by atoms with Crippen molar-refractivity contribution in [3.63, 3.8) is 0 Å². The largest absolute Gasteiger partial charge is 0.469 e. The van der Waals surface area contributed by atoms with Crippen LogP contribution in [0.15, 0.2) is 41.0 Å². The van der Waals surface area contributed by atoms with Gasteiger partial charge < -0.3 is 14.4 Å². The number of carbonyl (C=O) groups excluding carboxylic acids is 1. The number of rotatable bonds is 2. The normalized spacial score (nSPS) is 21.8. The van der Waals surface area contributed by atoms with Gasteiger partial charge in [-0.15, -0.1) is 0 Å². The van der Waals surface area contributed by atoms with Crippen LogP contribution in [-0.4, -0.2) is 28.6 Å². The molecule has 0 bridgehead atoms. The van der Waals surface area contributed by atoms with Crippen molar-refractivity contribution in [3.8, 4) is 0 Å². The van der Waals surface area contributed by atoms with Crippen molar-refractivity contribution in [2.24, 2.45) is 0 Å². The molecule has 1 aromatic carbocycles. The molecule has 0 aliphatic carbocycles. The number of benzene rings is 1. The summed E-state index contributed by atoms with van der Waals surface area (Å²) in [5.74, 6) is -0.00720. The van der Waals surface area contributed by atoms with Crippen LogP contribution in [0.1, 0.15) is 34.1 Å². The SMILES string of the molecule is Cc1occc1C(=O)N1C[C@@H](O)C[C@H]1c1cccc(F)c1. The highest BCUT2D eigenvalue weighted by Crippen LogP contribution is 2.34. The smallest absolute Gasteiger partial charge is 0.257 e. The molecule has 4 nitrogen and oxygen atoms in total. The molecule has 21 heavy (non-hydrogen) atoms. The number of likely N-dealkylation sites (tertiary alicyclic amines) is 1. The van der Waals surface area contributed by atoms with Gasteiger partial charge in [0.2, 0.25) is 0 Å². The standard InChI is InChI=1S/C16H16FNO3/c1-10-14(5-6-21-10)16(20)18-9-13(19)8-15(18)11-3-2-4-12(17)7-11/h2-7,13,15,19H,8-9H2,1H3/t13-,15-/m0/s1. The lowest BCUT2D eigenvalue weighted by molar-refractivity contribution is 0.0714. The number of carbonyl (C=O) groups is 1. The molecule has 2 heterocycles. The van der Waals surface area contributed by atoms with Gasteiger partial charge in [-0.25, -0.2) is 4.39 Å². The van der Waals surface area contributed by atoms with Crippen LogP contribution in [-0.2, 0) is 0 Å². The molecular formula is C16H16FNO3. The highest BCUT2D eigenvalue weighted by atomic mass is 19.1. The quantitative estimate of drug-likeness (QED) is 0.924. The Bertz CT molecular complexity index is 667. The Balaban J connectivity index is 1.93. The lowest BCUT2D eigenvalue weighted by atomic mass is 10.0. The zero-order valence-corrected chi connectivity index (χ0v) is 11.6. The third kappa shape index (κ3) is 2.56. The first kappa shape index (κ1) is 13.8. The fourth-order valence-electron chi connectivity index (χ4n) is 2.83. The Labute approximate surface area is 121 Å². The molecule has 1 amide bonds. The van der Waals surface area contributed by atoms with Crippen LogP contribution in [0, 0.1) is 12.7 Å². The van der Waals surface area contributed by atoms with Gasteiger partial charge in [0, 0.05) is 6.54 Å². The van der Waals surface area contributed by atoms with Gasteiger partial charge in [0.15, 0.2) is 0 Å². The lowest BCUT2D eigenvalue weighted by Crippen LogP contribution is -2.32. The molecule has 2 aromatic rings. The van der Waals surface area contributed by atoms with Crippen molar-refractivity contribution in [2.45, 2.75) is 25.5 Å². The number of amides is 1. The number of furan rings is 1. The highest BCUT2D eigenvalue weighted by molar-refractivity contribution is 5.95. The summed E-state index contributed by atoms with van der Waals surface area (Å²) in [7, 11) is 0. The molecule has 1 fully saturated rings. The second kappa shape index (κ2) is 5.33. The molecule has 2 atom stereocenters. The molecule has 1 aliphatic heterocycles. The summed E-state index contributed by atoms with van der Waals surface area (Å²) in [6.07, 6.45) is 1.27. The van der Waals surface area contributed by atoms with Crippen molar-refractivity contribution in [1.82, 2.24) is 4.90 Å². The molecule has 0 saturated carbocycles. The van der Waals surface area contributed by atoms with E-state index in [-0.39, 0.29) is 24.3 Å². The Morgan fingerprint density at radius 3 is 2.90 bits per heavy atom. The molecule has 0 unspecified atom stereocenters. The Kier molecular flexibility index (Phi) is 3.51. The van der Waals surface area contributed by atoms with Crippen LogP contribution >= 0.6 is 0 Å². The third-order valence-corrected chi connectivity index (χ3v) is 3.86. The van der Waals surface area contributed by atoms with Gasteiger partial charge in [-0.05, 0) is 37.1 Å². The molecule has 1 saturated heterocycles. The molecule has 1 N–H and O–H groups in total. The Hall–Kier alpha value is -2.14. The number of hydrogen-bond acceptors (Lipinski definition) is 3. The topological polar surface area (TPSA) is 53.7 Å². The zero-order chi connectivity index (χ0) is 15.0. The van der Waals surface area contributed by atoms with Crippen molar-refractivity contribution in [1.29, 1.82) is 0 Å². The average molecular weight is 289 g/mol. The number of nitrogens with zero attached hydrogens (tertiary/aromatic N) is 1. The fraction of sp³-hybridized carbons (Fsp3) is 0.312. The number of hydrogen-bond donors (Lipinski definition) is 1. The predicted molar refractivity (Wildman–Crippen MR) is 74.2 cm³/mol. The average Bonchev–Trinajstić information content (AvgIpc) is 3.04. The monoisotopic (exact) mass is 289 g/mol. The summed E-state index contributed by atoms with van der Waals surface area (Å²) >= 11 is 0. The first-order valence-corrected chi connectivity index (χ1v) is 6.85. The minimum atomic E-state index is -0.602. The van der Waals surface area contributed by atoms with E-state index in [1.165, 1.54) is 18.4 Å². The van der Waals surface area contributed by atoms with Gasteiger partial charge >= 0.3 is 0 Å². The van der Waals surface area contributed by atoms with Crippen LogP contribution in [0.3, 0.4) is 0 Å². The molecule has 3 rings (SSSR count). The maximum atomic E-state index is 13.4. The summed E-state index contributed by atoms with van der Waals surface area (Å²) < 4.78 is 18.6. The Morgan fingerprint density at radius 1 is 1.43 bits per heavy atom. The molecular weight excluding hydrogens is 273 g/mol. The number of β-amino-alcohol motifs (C(OH)–C–C–N with tert-alkyl or cyclic N) is 1. The molecule has 110 valence electrons. The number of aliphatic hydroxyl groups excluding tert-OH is 1. The van der Waals surface area contributed by atoms with E-state index >= 15 is 0 Å². The van der Waals surface area contributed by atoms with Gasteiger partial charge in [-0.2, -0.15) is 0 Å². The number of halogens is 1. The lowest BCUT2D eigenvalue weighted by Gasteiger charge is -2.24. The van der Waals surface area contributed by atoms with Gasteiger partial charge in [0.25, 0.3) is 5.91 Å². The fourth-order valence-corrected chi connectivity index (χ4v) is 2.83. The van der Waals surface area contributed by atoms with Gasteiger partial charge in [-0.3, -0.25) is 4.79 Å². The molecule has 0 radical (unpaired) electrons. The van der Waals surface area contributed by atoms with Crippen LogP contribution in [0.25, 0.3) is 0 Å². The Morgan fingerprint density at radius 2 is 2.24 bits per heavy atom. The molecule has 1 aromatic heterocycles. The van der Waals surface area contributed by atoms with E-state index in [1.54, 1.807) is 30.0 Å². The van der Waals surface area contributed by atoms with Crippen molar-refractivity contribution in [2.75, 3.05) is 6.54 Å². The van der Waals surface area contributed by atoms with Crippen LogP contribution in [0.5, 0.6) is 0 Å². The maximum absolute atomic E-state index is 13.4. The summed E-state index contributed by atoms with van der Waals surface area (Å²) in [6.45, 7) is 1.96. The van der Waals surface area contributed by atoms with Crippen LogP contribution < -0.4 is 0 Å². The van der Waals surface area contributed by atoms with Crippen LogP contribution in [0.4, 0.5) is 4.39 Å². The van der Waals surface area contributed by atoms with Gasteiger partial charge in [0.1, 0.15) is 11.6 Å². The third-order valence-electron chi connectivity index (χ3n) is 3.86. The second-order valence-electron chi connectivity index (χ2n) is 5.31. The van der Waals surface area contributed by atoms with E-state index in [0.29, 0.717) is 23.3 Å². The molecule has 0 spiro atoms. The van der Waals surface area contributed by atoms with Crippen molar-refractivity contribution >= 4 is 5.91 Å². The molecule has 1 aliphatic rings. The maximum Gasteiger partial charge on any atom is 0.257 e. The molecule has 5 heteroatoms. The first-order valence-electron chi connectivity index (χ1n) is 6.85. The number of aliphatic hydroxyl groups is 1. The summed E-state index contributed by atoms with van der Waals surface area (Å²) in [4.78, 5) is 14.2. The van der Waals surface area contributed by atoms with E-state index in [1.807, 2.05) is 0 Å². The minimum Gasteiger partial charge on any atom is -0.469 e. The van der Waals surface area contributed by atoms with E-state index in [9.17, 15) is 14.3 Å². The van der Waals surface area contributed by atoms with E-state index in [0.717, 1.165) is 0 Å². The van der Waals surface area contributed by atoms with Gasteiger partial charge in [-0.1, -0.05) is 12.1 Å². The van der Waals surface area contributed by atoms with E-state index in [4.69, 9.17) is 4.42 Å².